The predicted molar refractivity (Wildman–Crippen MR) is 62.2 cm³/mol. The van der Waals surface area contributed by atoms with Crippen LogP contribution in [0.25, 0.3) is 0 Å². The van der Waals surface area contributed by atoms with Crippen LogP contribution in [0.4, 0.5) is 5.69 Å². The van der Waals surface area contributed by atoms with Gasteiger partial charge < -0.3 is 10.0 Å². The summed E-state index contributed by atoms with van der Waals surface area (Å²) < 4.78 is 0.800. The van der Waals surface area contributed by atoms with E-state index < -0.39 is 11.9 Å². The second-order valence-corrected chi connectivity index (χ2v) is 4.48. The van der Waals surface area contributed by atoms with E-state index in [-0.39, 0.29) is 5.91 Å². The summed E-state index contributed by atoms with van der Waals surface area (Å²) in [5.74, 6) is -2.27. The van der Waals surface area contributed by atoms with Crippen LogP contribution in [0.1, 0.15) is 6.42 Å². The van der Waals surface area contributed by atoms with Crippen molar-refractivity contribution in [3.8, 4) is 0 Å². The molecule has 0 radical (unpaired) electrons. The second-order valence-electron chi connectivity index (χ2n) is 3.62. The number of carboxylic acids is 1. The first-order valence-electron chi connectivity index (χ1n) is 4.90. The van der Waals surface area contributed by atoms with Gasteiger partial charge in [-0.2, -0.15) is 0 Å². The average molecular weight is 284 g/mol. The minimum atomic E-state index is -1.04. The van der Waals surface area contributed by atoms with Gasteiger partial charge in [0.15, 0.2) is 0 Å². The molecule has 5 heteroatoms. The molecule has 1 aliphatic heterocycles. The van der Waals surface area contributed by atoms with Gasteiger partial charge in [-0.15, -0.1) is 0 Å². The lowest BCUT2D eigenvalue weighted by Crippen LogP contribution is -2.30. The van der Waals surface area contributed by atoms with E-state index in [1.165, 1.54) is 4.90 Å². The summed E-state index contributed by atoms with van der Waals surface area (Å²) in [6.07, 6.45) is 0.371. The van der Waals surface area contributed by atoms with Crippen LogP contribution in [0.15, 0.2) is 28.7 Å². The fraction of sp³-hybridized carbons (Fsp3) is 0.273. The molecule has 0 saturated carbocycles. The Morgan fingerprint density at radius 2 is 2.12 bits per heavy atom. The lowest BCUT2D eigenvalue weighted by Gasteiger charge is -2.17. The number of benzene rings is 1. The smallest absolute Gasteiger partial charge is 0.316 e. The van der Waals surface area contributed by atoms with Crippen molar-refractivity contribution in [1.82, 2.24) is 0 Å². The molecule has 0 spiro atoms. The van der Waals surface area contributed by atoms with Gasteiger partial charge in [0.1, 0.15) is 5.92 Å². The molecule has 1 N–H and O–H groups in total. The van der Waals surface area contributed by atoms with Gasteiger partial charge in [-0.25, -0.2) is 0 Å². The third kappa shape index (κ3) is 1.82. The molecule has 0 bridgehead atoms. The maximum atomic E-state index is 11.8. The van der Waals surface area contributed by atoms with Crippen molar-refractivity contribution in [2.75, 3.05) is 11.4 Å². The Bertz CT molecular complexity index is 447. The molecule has 0 aromatic heterocycles. The quantitative estimate of drug-likeness (QED) is 0.844. The summed E-state index contributed by atoms with van der Waals surface area (Å²) in [4.78, 5) is 24.2. The molecular weight excluding hydrogens is 274 g/mol. The summed E-state index contributed by atoms with van der Waals surface area (Å²) in [7, 11) is 0. The third-order valence-corrected chi connectivity index (χ3v) is 3.32. The molecule has 84 valence electrons. The zero-order chi connectivity index (χ0) is 11.7. The van der Waals surface area contributed by atoms with E-state index in [4.69, 9.17) is 5.11 Å². The highest BCUT2D eigenvalue weighted by molar-refractivity contribution is 9.10. The van der Waals surface area contributed by atoms with Crippen LogP contribution in [0, 0.1) is 5.92 Å². The number of aliphatic carboxylic acids is 1. The van der Waals surface area contributed by atoms with E-state index in [2.05, 4.69) is 15.9 Å². The number of carbonyl (C=O) groups is 2. The average Bonchev–Trinajstić information content (AvgIpc) is 2.61. The Balaban J connectivity index is 2.29. The molecule has 1 unspecified atom stereocenters. The minimum Gasteiger partial charge on any atom is -0.481 e. The highest BCUT2D eigenvalue weighted by atomic mass is 79.9. The maximum Gasteiger partial charge on any atom is 0.316 e. The number of nitrogens with zero attached hydrogens (tertiary/aromatic N) is 1. The van der Waals surface area contributed by atoms with E-state index in [1.54, 1.807) is 6.07 Å². The van der Waals surface area contributed by atoms with Crippen LogP contribution in [0.2, 0.25) is 0 Å². The van der Waals surface area contributed by atoms with Crippen molar-refractivity contribution in [2.45, 2.75) is 6.42 Å². The molecule has 1 aliphatic rings. The molecule has 1 aromatic rings. The molecule has 16 heavy (non-hydrogen) atoms. The van der Waals surface area contributed by atoms with E-state index >= 15 is 0 Å². The Kier molecular flexibility index (Phi) is 2.96. The number of rotatable bonds is 2. The Morgan fingerprint density at radius 3 is 2.69 bits per heavy atom. The highest BCUT2D eigenvalue weighted by Crippen LogP contribution is 2.31. The summed E-state index contributed by atoms with van der Waals surface area (Å²) >= 11 is 3.35. The molecule has 0 aliphatic carbocycles. The standard InChI is InChI=1S/C11H10BrNO3/c12-8-3-1-2-4-9(8)13-6-5-7(10(13)14)11(15)16/h1-4,7H,5-6H2,(H,15,16). The zero-order valence-electron chi connectivity index (χ0n) is 8.39. The topological polar surface area (TPSA) is 57.6 Å². The molecule has 4 nitrogen and oxygen atoms in total. The fourth-order valence-corrected chi connectivity index (χ4v) is 2.32. The first-order chi connectivity index (χ1) is 7.61. The van der Waals surface area contributed by atoms with Crippen molar-refractivity contribution in [2.24, 2.45) is 5.92 Å². The molecule has 1 saturated heterocycles. The fourth-order valence-electron chi connectivity index (χ4n) is 1.82. The lowest BCUT2D eigenvalue weighted by molar-refractivity contribution is -0.144. The van der Waals surface area contributed by atoms with E-state index in [1.807, 2.05) is 18.2 Å². The molecular formula is C11H10BrNO3. The zero-order valence-corrected chi connectivity index (χ0v) is 9.98. The van der Waals surface area contributed by atoms with Crippen LogP contribution in [-0.4, -0.2) is 23.5 Å². The number of para-hydroxylation sites is 1. The molecule has 1 atom stereocenters. The van der Waals surface area contributed by atoms with E-state index in [0.29, 0.717) is 13.0 Å². The van der Waals surface area contributed by atoms with Crippen LogP contribution in [-0.2, 0) is 9.59 Å². The Hall–Kier alpha value is -1.36. The number of hydrogen-bond acceptors (Lipinski definition) is 2. The molecule has 1 fully saturated rings. The number of amides is 1. The van der Waals surface area contributed by atoms with Gasteiger partial charge in [0.25, 0.3) is 0 Å². The number of carboxylic acid groups (broad SMARTS) is 1. The van der Waals surface area contributed by atoms with Gasteiger partial charge >= 0.3 is 5.97 Å². The van der Waals surface area contributed by atoms with Crippen molar-refractivity contribution in [3.05, 3.63) is 28.7 Å². The summed E-state index contributed by atoms with van der Waals surface area (Å²) in [6, 6.07) is 7.30. The lowest BCUT2D eigenvalue weighted by atomic mass is 10.1. The van der Waals surface area contributed by atoms with Gasteiger partial charge in [-0.3, -0.25) is 9.59 Å². The first kappa shape index (κ1) is 11.1. The largest absolute Gasteiger partial charge is 0.481 e. The van der Waals surface area contributed by atoms with E-state index in [9.17, 15) is 9.59 Å². The van der Waals surface area contributed by atoms with Gasteiger partial charge in [0, 0.05) is 11.0 Å². The summed E-state index contributed by atoms with van der Waals surface area (Å²) in [5, 5.41) is 8.86. The molecule has 1 heterocycles. The Labute approximate surface area is 101 Å². The second kappa shape index (κ2) is 4.25. The monoisotopic (exact) mass is 283 g/mol. The van der Waals surface area contributed by atoms with Crippen LogP contribution >= 0.6 is 15.9 Å². The van der Waals surface area contributed by atoms with Gasteiger partial charge in [-0.1, -0.05) is 12.1 Å². The normalized spacial score (nSPS) is 20.2. The van der Waals surface area contributed by atoms with Crippen LogP contribution in [0.3, 0.4) is 0 Å². The number of halogens is 1. The van der Waals surface area contributed by atoms with Crippen molar-refractivity contribution in [1.29, 1.82) is 0 Å². The summed E-state index contributed by atoms with van der Waals surface area (Å²) in [5.41, 5.74) is 0.733. The number of hydrogen-bond donors (Lipinski definition) is 1. The van der Waals surface area contributed by atoms with E-state index in [0.717, 1.165) is 10.2 Å². The summed E-state index contributed by atoms with van der Waals surface area (Å²) in [6.45, 7) is 0.457. The number of carbonyl (C=O) groups excluding carboxylic acids is 1. The van der Waals surface area contributed by atoms with Gasteiger partial charge in [-0.05, 0) is 34.5 Å². The third-order valence-electron chi connectivity index (χ3n) is 2.65. The first-order valence-corrected chi connectivity index (χ1v) is 5.69. The minimum absolute atomic E-state index is 0.334. The molecule has 1 amide bonds. The van der Waals surface area contributed by atoms with Crippen molar-refractivity contribution in [3.63, 3.8) is 0 Å². The maximum absolute atomic E-state index is 11.8. The number of anilines is 1. The van der Waals surface area contributed by atoms with Crippen LogP contribution < -0.4 is 4.90 Å². The van der Waals surface area contributed by atoms with Crippen molar-refractivity contribution < 1.29 is 14.7 Å². The van der Waals surface area contributed by atoms with Crippen LogP contribution in [0.5, 0.6) is 0 Å². The molecule has 1 aromatic carbocycles. The molecule has 2 rings (SSSR count). The Morgan fingerprint density at radius 1 is 1.44 bits per heavy atom. The van der Waals surface area contributed by atoms with Gasteiger partial charge in [0.05, 0.1) is 5.69 Å². The van der Waals surface area contributed by atoms with Crippen molar-refractivity contribution >= 4 is 33.5 Å². The SMILES string of the molecule is O=C(O)C1CCN(c2ccccc2Br)C1=O. The predicted octanol–water partition coefficient (Wildman–Crippen LogP) is 1.89. The highest BCUT2D eigenvalue weighted by Gasteiger charge is 2.37. The van der Waals surface area contributed by atoms with Gasteiger partial charge in [0.2, 0.25) is 5.91 Å².